The summed E-state index contributed by atoms with van der Waals surface area (Å²) in [6.45, 7) is 2.69. The van der Waals surface area contributed by atoms with Gasteiger partial charge in [-0.25, -0.2) is 0 Å². The molecule has 17 heavy (non-hydrogen) atoms. The van der Waals surface area contributed by atoms with Crippen LogP contribution < -0.4 is 0 Å². The van der Waals surface area contributed by atoms with Crippen molar-refractivity contribution in [3.63, 3.8) is 0 Å². The van der Waals surface area contributed by atoms with Crippen molar-refractivity contribution >= 4 is 37.8 Å². The fraction of sp³-hybridized carbons (Fsp3) is 0.417. The van der Waals surface area contributed by atoms with Crippen LogP contribution in [0.25, 0.3) is 0 Å². The van der Waals surface area contributed by atoms with E-state index in [2.05, 4.69) is 31.9 Å². The Hall–Kier alpha value is -0.550. The van der Waals surface area contributed by atoms with Crippen LogP contribution in [0.3, 0.4) is 0 Å². The van der Waals surface area contributed by atoms with Crippen LogP contribution in [0.1, 0.15) is 23.7 Å². The molecular weight excluding hydrogens is 350 g/mol. The number of halogens is 2. The number of benzene rings is 1. The number of carbonyl (C=O) groups excluding carboxylic acids is 1. The lowest BCUT2D eigenvalue weighted by Gasteiger charge is -2.18. The Morgan fingerprint density at radius 2 is 2.18 bits per heavy atom. The van der Waals surface area contributed by atoms with Crippen molar-refractivity contribution in [1.82, 2.24) is 4.90 Å². The van der Waals surface area contributed by atoms with Crippen molar-refractivity contribution in [2.75, 3.05) is 13.6 Å². The van der Waals surface area contributed by atoms with E-state index in [0.29, 0.717) is 16.9 Å². The Morgan fingerprint density at radius 1 is 1.53 bits per heavy atom. The number of phenolic OH excluding ortho intramolecular Hbond substituents is 1. The van der Waals surface area contributed by atoms with Gasteiger partial charge in [0.05, 0.1) is 5.56 Å². The van der Waals surface area contributed by atoms with Gasteiger partial charge >= 0.3 is 0 Å². The highest BCUT2D eigenvalue weighted by Gasteiger charge is 2.16. The van der Waals surface area contributed by atoms with E-state index in [1.165, 1.54) is 6.07 Å². The molecular formula is C12H15Br2NO2. The Bertz CT molecular complexity index is 407. The maximum absolute atomic E-state index is 12.1. The second-order valence-corrected chi connectivity index (χ2v) is 6.44. The number of phenols is 1. The van der Waals surface area contributed by atoms with E-state index in [9.17, 15) is 9.90 Å². The molecule has 3 nitrogen and oxygen atoms in total. The van der Waals surface area contributed by atoms with Gasteiger partial charge in [0.15, 0.2) is 0 Å². The van der Waals surface area contributed by atoms with Gasteiger partial charge in [-0.1, -0.05) is 38.8 Å². The Labute approximate surface area is 118 Å². The molecule has 1 rings (SSSR count). The minimum Gasteiger partial charge on any atom is -0.507 e. The lowest BCUT2D eigenvalue weighted by Crippen LogP contribution is -2.28. The maximum Gasteiger partial charge on any atom is 0.257 e. The molecule has 1 amide bonds. The van der Waals surface area contributed by atoms with Gasteiger partial charge in [-0.2, -0.15) is 0 Å². The second kappa shape index (κ2) is 6.40. The second-order valence-electron chi connectivity index (χ2n) is 3.96. The van der Waals surface area contributed by atoms with Crippen molar-refractivity contribution in [3.05, 3.63) is 28.2 Å². The Balaban J connectivity index is 2.78. The molecule has 0 aromatic heterocycles. The number of alkyl halides is 1. The lowest BCUT2D eigenvalue weighted by atomic mass is 10.1. The molecule has 0 radical (unpaired) electrons. The molecule has 1 aromatic rings. The van der Waals surface area contributed by atoms with Gasteiger partial charge in [-0.3, -0.25) is 4.79 Å². The van der Waals surface area contributed by atoms with Gasteiger partial charge in [0.2, 0.25) is 0 Å². The summed E-state index contributed by atoms with van der Waals surface area (Å²) >= 11 is 6.73. The van der Waals surface area contributed by atoms with Crippen LogP contribution in [0.5, 0.6) is 5.75 Å². The zero-order valence-corrected chi connectivity index (χ0v) is 13.0. The van der Waals surface area contributed by atoms with E-state index in [4.69, 9.17) is 0 Å². The quantitative estimate of drug-likeness (QED) is 0.832. The van der Waals surface area contributed by atoms with Crippen molar-refractivity contribution < 1.29 is 9.90 Å². The molecule has 5 heteroatoms. The number of amides is 1. The highest BCUT2D eigenvalue weighted by molar-refractivity contribution is 9.10. The van der Waals surface area contributed by atoms with Crippen LogP contribution in [-0.2, 0) is 0 Å². The average Bonchev–Trinajstić information content (AvgIpc) is 2.28. The molecule has 1 atom stereocenters. The number of hydrogen-bond acceptors (Lipinski definition) is 2. The first-order valence-corrected chi connectivity index (χ1v) is 7.00. The third-order valence-electron chi connectivity index (χ3n) is 2.40. The van der Waals surface area contributed by atoms with Crippen molar-refractivity contribution in [1.29, 1.82) is 0 Å². The summed E-state index contributed by atoms with van der Waals surface area (Å²) in [5.41, 5.74) is 0.323. The van der Waals surface area contributed by atoms with Gasteiger partial charge < -0.3 is 10.0 Å². The van der Waals surface area contributed by atoms with Crippen LogP contribution in [-0.4, -0.2) is 34.3 Å². The highest BCUT2D eigenvalue weighted by atomic mass is 79.9. The summed E-state index contributed by atoms with van der Waals surface area (Å²) in [6, 6.07) is 4.84. The first-order valence-electron chi connectivity index (χ1n) is 5.30. The summed E-state index contributed by atoms with van der Waals surface area (Å²) in [5.74, 6) is -0.158. The van der Waals surface area contributed by atoms with Crippen LogP contribution in [0.2, 0.25) is 0 Å². The summed E-state index contributed by atoms with van der Waals surface area (Å²) in [5, 5.41) is 9.65. The first kappa shape index (κ1) is 14.5. The predicted molar refractivity (Wildman–Crippen MR) is 75.8 cm³/mol. The van der Waals surface area contributed by atoms with E-state index >= 15 is 0 Å². The Kier molecular flexibility index (Phi) is 5.46. The van der Waals surface area contributed by atoms with Gasteiger partial charge in [0, 0.05) is 22.9 Å². The van der Waals surface area contributed by atoms with Crippen LogP contribution >= 0.6 is 31.9 Å². The normalized spacial score (nSPS) is 12.2. The molecule has 0 spiro atoms. The number of hydrogen-bond donors (Lipinski definition) is 1. The fourth-order valence-corrected chi connectivity index (χ4v) is 1.92. The van der Waals surface area contributed by atoms with E-state index in [-0.39, 0.29) is 11.7 Å². The molecule has 0 heterocycles. The minimum absolute atomic E-state index is 0.0111. The van der Waals surface area contributed by atoms with Crippen molar-refractivity contribution in [3.8, 4) is 5.75 Å². The van der Waals surface area contributed by atoms with E-state index in [0.717, 1.165) is 10.9 Å². The van der Waals surface area contributed by atoms with Crippen LogP contribution in [0.15, 0.2) is 22.7 Å². The van der Waals surface area contributed by atoms with Gasteiger partial charge in [-0.05, 0) is 24.6 Å². The van der Waals surface area contributed by atoms with Gasteiger partial charge in [0.25, 0.3) is 5.91 Å². The molecule has 94 valence electrons. The van der Waals surface area contributed by atoms with Crippen molar-refractivity contribution in [2.45, 2.75) is 18.2 Å². The molecule has 0 saturated heterocycles. The number of aromatic hydroxyl groups is 1. The minimum atomic E-state index is -0.169. The van der Waals surface area contributed by atoms with Crippen LogP contribution in [0, 0.1) is 0 Å². The van der Waals surface area contributed by atoms with Gasteiger partial charge in [0.1, 0.15) is 5.75 Å². The number of nitrogens with zero attached hydrogens (tertiary/aromatic N) is 1. The lowest BCUT2D eigenvalue weighted by molar-refractivity contribution is 0.0791. The molecule has 0 saturated carbocycles. The van der Waals surface area contributed by atoms with Gasteiger partial charge in [-0.15, -0.1) is 0 Å². The van der Waals surface area contributed by atoms with Crippen LogP contribution in [0.4, 0.5) is 0 Å². The third kappa shape index (κ3) is 4.32. The molecule has 0 aliphatic heterocycles. The number of rotatable bonds is 4. The molecule has 0 aliphatic carbocycles. The topological polar surface area (TPSA) is 40.5 Å². The highest BCUT2D eigenvalue weighted by Crippen LogP contribution is 2.23. The molecule has 0 aliphatic rings. The number of carbonyl (C=O) groups is 1. The smallest absolute Gasteiger partial charge is 0.257 e. The van der Waals surface area contributed by atoms with Crippen molar-refractivity contribution in [2.24, 2.45) is 0 Å². The molecule has 1 aromatic carbocycles. The third-order valence-corrected chi connectivity index (χ3v) is 3.35. The zero-order valence-electron chi connectivity index (χ0n) is 9.78. The fourth-order valence-electron chi connectivity index (χ4n) is 1.36. The van der Waals surface area contributed by atoms with E-state index in [1.54, 1.807) is 24.1 Å². The largest absolute Gasteiger partial charge is 0.507 e. The standard InChI is InChI=1S/C12H15Br2NO2/c1-8(13)5-6-15(2)12(17)10-7-9(14)3-4-11(10)16/h3-4,7-8,16H,5-6H2,1-2H3. The predicted octanol–water partition coefficient (Wildman–Crippen LogP) is 3.40. The Morgan fingerprint density at radius 3 is 2.76 bits per heavy atom. The maximum atomic E-state index is 12.1. The summed E-state index contributed by atoms with van der Waals surface area (Å²) in [6.07, 6.45) is 0.872. The monoisotopic (exact) mass is 363 g/mol. The SMILES string of the molecule is CC(Br)CCN(C)C(=O)c1cc(Br)ccc1O. The van der Waals surface area contributed by atoms with E-state index in [1.807, 2.05) is 6.92 Å². The summed E-state index contributed by atoms with van der Waals surface area (Å²) < 4.78 is 0.779. The average molecular weight is 365 g/mol. The summed E-state index contributed by atoms with van der Waals surface area (Å²) in [7, 11) is 1.73. The first-order chi connectivity index (χ1) is 7.91. The summed E-state index contributed by atoms with van der Waals surface area (Å²) in [4.78, 5) is 14.0. The molecule has 0 bridgehead atoms. The molecule has 1 unspecified atom stereocenters. The molecule has 1 N–H and O–H groups in total. The zero-order chi connectivity index (χ0) is 13.0. The molecule has 0 fully saturated rings. The van der Waals surface area contributed by atoms with E-state index < -0.39 is 0 Å².